The first-order chi connectivity index (χ1) is 8.65. The third-order valence-electron chi connectivity index (χ3n) is 2.74. The first-order valence-electron chi connectivity index (χ1n) is 5.73. The van der Waals surface area contributed by atoms with Gasteiger partial charge in [-0.1, -0.05) is 28.1 Å². The highest BCUT2D eigenvalue weighted by atomic mass is 79.9. The van der Waals surface area contributed by atoms with Crippen molar-refractivity contribution in [3.8, 4) is 0 Å². The molecule has 1 atom stereocenters. The van der Waals surface area contributed by atoms with Crippen molar-refractivity contribution in [3.63, 3.8) is 0 Å². The number of aromatic nitrogens is 1. The van der Waals surface area contributed by atoms with E-state index in [0.717, 1.165) is 15.5 Å². The van der Waals surface area contributed by atoms with Crippen LogP contribution in [0.1, 0.15) is 24.1 Å². The molecule has 0 saturated carbocycles. The Morgan fingerprint density at radius 3 is 2.50 bits per heavy atom. The monoisotopic (exact) mass is 368 g/mol. The molecule has 0 radical (unpaired) electrons. The molecule has 0 saturated heterocycles. The number of nitrogens with one attached hydrogen (secondary N) is 1. The molecule has 1 heterocycles. The molecule has 1 N–H and O–H groups in total. The molecule has 0 aliphatic carbocycles. The number of halogens is 2. The van der Waals surface area contributed by atoms with Crippen LogP contribution < -0.4 is 5.32 Å². The lowest BCUT2D eigenvalue weighted by atomic mass is 10.1. The SMILES string of the molecule is C[C@H](NCc1cncc(Br)c1)c1ccc(Br)cc1. The van der Waals surface area contributed by atoms with Crippen molar-refractivity contribution in [2.24, 2.45) is 0 Å². The van der Waals surface area contributed by atoms with E-state index in [-0.39, 0.29) is 0 Å². The predicted octanol–water partition coefficient (Wildman–Crippen LogP) is 4.46. The van der Waals surface area contributed by atoms with Gasteiger partial charge in [0.1, 0.15) is 0 Å². The first kappa shape index (κ1) is 13.7. The van der Waals surface area contributed by atoms with Crippen molar-refractivity contribution >= 4 is 31.9 Å². The molecule has 1 aromatic carbocycles. The van der Waals surface area contributed by atoms with Gasteiger partial charge >= 0.3 is 0 Å². The molecule has 0 amide bonds. The van der Waals surface area contributed by atoms with E-state index in [0.29, 0.717) is 6.04 Å². The molecule has 2 aromatic rings. The Bertz CT molecular complexity index is 511. The van der Waals surface area contributed by atoms with E-state index in [4.69, 9.17) is 0 Å². The minimum Gasteiger partial charge on any atom is -0.306 e. The summed E-state index contributed by atoms with van der Waals surface area (Å²) in [5, 5.41) is 3.49. The van der Waals surface area contributed by atoms with Gasteiger partial charge in [0.15, 0.2) is 0 Å². The fourth-order valence-electron chi connectivity index (χ4n) is 1.69. The van der Waals surface area contributed by atoms with Crippen molar-refractivity contribution in [1.82, 2.24) is 10.3 Å². The van der Waals surface area contributed by atoms with Gasteiger partial charge in [-0.25, -0.2) is 0 Å². The normalized spacial score (nSPS) is 12.4. The quantitative estimate of drug-likeness (QED) is 0.860. The average molecular weight is 370 g/mol. The molecule has 0 unspecified atom stereocenters. The van der Waals surface area contributed by atoms with Gasteiger partial charge in [0.05, 0.1) is 0 Å². The second-order valence-corrected chi connectivity index (χ2v) is 6.00. The number of benzene rings is 1. The van der Waals surface area contributed by atoms with Crippen molar-refractivity contribution in [2.75, 3.05) is 0 Å². The summed E-state index contributed by atoms with van der Waals surface area (Å²) in [7, 11) is 0. The summed E-state index contributed by atoms with van der Waals surface area (Å²) in [6.07, 6.45) is 3.67. The first-order valence-corrected chi connectivity index (χ1v) is 7.32. The second-order valence-electron chi connectivity index (χ2n) is 4.17. The second kappa shape index (κ2) is 6.45. The average Bonchev–Trinajstić information content (AvgIpc) is 2.37. The molecule has 18 heavy (non-hydrogen) atoms. The van der Waals surface area contributed by atoms with Crippen LogP contribution in [-0.2, 0) is 6.54 Å². The van der Waals surface area contributed by atoms with Crippen molar-refractivity contribution in [3.05, 3.63) is 62.8 Å². The largest absolute Gasteiger partial charge is 0.306 e. The Kier molecular flexibility index (Phi) is 4.92. The third kappa shape index (κ3) is 3.90. The summed E-state index contributed by atoms with van der Waals surface area (Å²) < 4.78 is 2.12. The summed E-state index contributed by atoms with van der Waals surface area (Å²) in [6, 6.07) is 10.8. The molecule has 0 aliphatic heterocycles. The fraction of sp³-hybridized carbons (Fsp3) is 0.214. The summed E-state index contributed by atoms with van der Waals surface area (Å²) >= 11 is 6.87. The molecule has 0 fully saturated rings. The molecule has 94 valence electrons. The molecule has 1 aromatic heterocycles. The van der Waals surface area contributed by atoms with Crippen LogP contribution in [0.3, 0.4) is 0 Å². The number of hydrogen-bond acceptors (Lipinski definition) is 2. The van der Waals surface area contributed by atoms with Gasteiger partial charge in [-0.3, -0.25) is 4.98 Å². The van der Waals surface area contributed by atoms with Gasteiger partial charge in [0.25, 0.3) is 0 Å². The maximum atomic E-state index is 4.15. The van der Waals surface area contributed by atoms with Gasteiger partial charge in [0, 0.05) is 33.9 Å². The third-order valence-corrected chi connectivity index (χ3v) is 3.71. The smallest absolute Gasteiger partial charge is 0.0410 e. The van der Waals surface area contributed by atoms with Crippen LogP contribution >= 0.6 is 31.9 Å². The summed E-state index contributed by atoms with van der Waals surface area (Å²) in [4.78, 5) is 4.15. The van der Waals surface area contributed by atoms with E-state index in [1.54, 1.807) is 6.20 Å². The van der Waals surface area contributed by atoms with Gasteiger partial charge in [-0.2, -0.15) is 0 Å². The van der Waals surface area contributed by atoms with Crippen LogP contribution in [-0.4, -0.2) is 4.98 Å². The van der Waals surface area contributed by atoms with Crippen LogP contribution in [0.4, 0.5) is 0 Å². The van der Waals surface area contributed by atoms with Crippen molar-refractivity contribution in [1.29, 1.82) is 0 Å². The molecule has 2 rings (SSSR count). The van der Waals surface area contributed by atoms with Gasteiger partial charge in [-0.15, -0.1) is 0 Å². The van der Waals surface area contributed by atoms with Crippen LogP contribution in [0.15, 0.2) is 51.7 Å². The lowest BCUT2D eigenvalue weighted by Gasteiger charge is -2.14. The molecule has 2 nitrogen and oxygen atoms in total. The Labute approximate surface area is 124 Å². The summed E-state index contributed by atoms with van der Waals surface area (Å²) in [6.45, 7) is 2.97. The molecule has 0 bridgehead atoms. The van der Waals surface area contributed by atoms with E-state index in [1.807, 2.05) is 6.20 Å². The van der Waals surface area contributed by atoms with Crippen molar-refractivity contribution < 1.29 is 0 Å². The van der Waals surface area contributed by atoms with Gasteiger partial charge in [-0.05, 0) is 52.2 Å². The zero-order chi connectivity index (χ0) is 13.0. The number of pyridine rings is 1. The van der Waals surface area contributed by atoms with E-state index in [1.165, 1.54) is 11.1 Å². The van der Waals surface area contributed by atoms with Crippen LogP contribution in [0.2, 0.25) is 0 Å². The maximum Gasteiger partial charge on any atom is 0.0410 e. The number of hydrogen-bond donors (Lipinski definition) is 1. The minimum absolute atomic E-state index is 0.317. The number of rotatable bonds is 4. The minimum atomic E-state index is 0.317. The fourth-order valence-corrected chi connectivity index (χ4v) is 2.37. The zero-order valence-corrected chi connectivity index (χ0v) is 13.2. The van der Waals surface area contributed by atoms with E-state index < -0.39 is 0 Å². The van der Waals surface area contributed by atoms with Gasteiger partial charge < -0.3 is 5.32 Å². The zero-order valence-electron chi connectivity index (χ0n) is 10.0. The Morgan fingerprint density at radius 2 is 1.83 bits per heavy atom. The molecule has 4 heteroatoms. The Morgan fingerprint density at radius 1 is 1.11 bits per heavy atom. The van der Waals surface area contributed by atoms with Crippen LogP contribution in [0.25, 0.3) is 0 Å². The predicted molar refractivity (Wildman–Crippen MR) is 81.3 cm³/mol. The molecular formula is C14H14Br2N2. The molecular weight excluding hydrogens is 356 g/mol. The lowest BCUT2D eigenvalue weighted by Crippen LogP contribution is -2.18. The van der Waals surface area contributed by atoms with E-state index in [9.17, 15) is 0 Å². The standard InChI is InChI=1S/C14H14Br2N2/c1-10(12-2-4-13(15)5-3-12)18-8-11-6-14(16)9-17-7-11/h2-7,9-10,18H,8H2,1H3/t10-/m0/s1. The lowest BCUT2D eigenvalue weighted by molar-refractivity contribution is 0.573. The van der Waals surface area contributed by atoms with Crippen LogP contribution in [0, 0.1) is 0 Å². The summed E-state index contributed by atoms with van der Waals surface area (Å²) in [5.74, 6) is 0. The Balaban J connectivity index is 1.96. The topological polar surface area (TPSA) is 24.9 Å². The molecule has 0 spiro atoms. The van der Waals surface area contributed by atoms with Crippen LogP contribution in [0.5, 0.6) is 0 Å². The van der Waals surface area contributed by atoms with Gasteiger partial charge in [0.2, 0.25) is 0 Å². The Hall–Kier alpha value is -0.710. The highest BCUT2D eigenvalue weighted by molar-refractivity contribution is 9.10. The maximum absolute atomic E-state index is 4.15. The number of nitrogens with zero attached hydrogens (tertiary/aromatic N) is 1. The van der Waals surface area contributed by atoms with Crippen molar-refractivity contribution in [2.45, 2.75) is 19.5 Å². The summed E-state index contributed by atoms with van der Waals surface area (Å²) in [5.41, 5.74) is 2.45. The van der Waals surface area contributed by atoms with E-state index in [2.05, 4.69) is 79.4 Å². The molecule has 0 aliphatic rings. The highest BCUT2D eigenvalue weighted by Crippen LogP contribution is 2.17. The highest BCUT2D eigenvalue weighted by Gasteiger charge is 2.04. The van der Waals surface area contributed by atoms with E-state index >= 15 is 0 Å².